The van der Waals surface area contributed by atoms with Crippen molar-refractivity contribution in [3.63, 3.8) is 0 Å². The summed E-state index contributed by atoms with van der Waals surface area (Å²) in [6.07, 6.45) is 3.83. The van der Waals surface area contributed by atoms with Gasteiger partial charge >= 0.3 is 0 Å². The molecule has 2 rings (SSSR count). The van der Waals surface area contributed by atoms with Gasteiger partial charge in [0.25, 0.3) is 0 Å². The molecule has 3 heteroatoms. The number of Topliss-reactive ketones (excluding diaryl/α,β-unsaturated/α-hetero) is 1. The highest BCUT2D eigenvalue weighted by atomic mass is 35.5. The molecule has 0 unspecified atom stereocenters. The Morgan fingerprint density at radius 1 is 1.13 bits per heavy atom. The maximum absolute atomic E-state index is 11.1. The fraction of sp³-hybridized carbons (Fsp3) is 0.250. The van der Waals surface area contributed by atoms with Gasteiger partial charge in [0.15, 0.2) is 0 Å². The van der Waals surface area contributed by atoms with Crippen LogP contribution < -0.4 is 0 Å². The van der Waals surface area contributed by atoms with Crippen LogP contribution in [0.15, 0.2) is 24.3 Å². The summed E-state index contributed by atoms with van der Waals surface area (Å²) in [4.78, 5) is 11.1. The van der Waals surface area contributed by atoms with Gasteiger partial charge in [-0.15, -0.1) is 0 Å². The molecule has 0 saturated heterocycles. The van der Waals surface area contributed by atoms with Crippen LogP contribution in [0.25, 0.3) is 5.57 Å². The average molecular weight is 241 g/mol. The number of halogens is 2. The number of carbonyl (C=O) groups is 1. The molecule has 0 aliphatic heterocycles. The standard InChI is InChI=1S/C12H10Cl2O/c13-9-3-6-12(14)11(7-9)8-1-4-10(15)5-2-8/h1,3,6-7H,2,4-5H2. The van der Waals surface area contributed by atoms with E-state index in [2.05, 4.69) is 0 Å². The molecule has 15 heavy (non-hydrogen) atoms. The molecule has 1 aromatic carbocycles. The first kappa shape index (κ1) is 10.7. The molecule has 78 valence electrons. The van der Waals surface area contributed by atoms with Crippen molar-refractivity contribution in [3.05, 3.63) is 39.9 Å². The SMILES string of the molecule is O=C1CC=C(c2cc(Cl)ccc2Cl)CC1. The molecular weight excluding hydrogens is 231 g/mol. The maximum atomic E-state index is 11.1. The second-order valence-corrected chi connectivity index (χ2v) is 4.44. The molecule has 1 aliphatic carbocycles. The molecule has 0 N–H and O–H groups in total. The second kappa shape index (κ2) is 4.38. The molecule has 0 saturated carbocycles. The average Bonchev–Trinajstić information content (AvgIpc) is 2.23. The van der Waals surface area contributed by atoms with E-state index in [9.17, 15) is 4.79 Å². The third-order valence-corrected chi connectivity index (χ3v) is 3.09. The molecule has 0 amide bonds. The molecule has 0 atom stereocenters. The van der Waals surface area contributed by atoms with Gasteiger partial charge in [0.1, 0.15) is 5.78 Å². The Bertz CT molecular complexity index is 435. The molecule has 1 aromatic rings. The molecule has 0 bridgehead atoms. The van der Waals surface area contributed by atoms with Crippen LogP contribution >= 0.6 is 23.2 Å². The van der Waals surface area contributed by atoms with Gasteiger partial charge in [-0.05, 0) is 35.8 Å². The summed E-state index contributed by atoms with van der Waals surface area (Å²) in [5.74, 6) is 0.289. The van der Waals surface area contributed by atoms with E-state index in [4.69, 9.17) is 23.2 Å². The zero-order valence-electron chi connectivity index (χ0n) is 8.09. The highest BCUT2D eigenvalue weighted by Crippen LogP contribution is 2.32. The summed E-state index contributed by atoms with van der Waals surface area (Å²) in [6.45, 7) is 0. The summed E-state index contributed by atoms with van der Waals surface area (Å²) in [5, 5.41) is 1.37. The number of benzene rings is 1. The van der Waals surface area contributed by atoms with Crippen molar-refractivity contribution in [2.45, 2.75) is 19.3 Å². The first-order valence-electron chi connectivity index (χ1n) is 4.83. The largest absolute Gasteiger partial charge is 0.299 e. The van der Waals surface area contributed by atoms with Crippen molar-refractivity contribution in [2.24, 2.45) is 0 Å². The second-order valence-electron chi connectivity index (χ2n) is 3.60. The van der Waals surface area contributed by atoms with Gasteiger partial charge < -0.3 is 0 Å². The van der Waals surface area contributed by atoms with Crippen LogP contribution in [0.3, 0.4) is 0 Å². The first-order valence-corrected chi connectivity index (χ1v) is 5.58. The fourth-order valence-electron chi connectivity index (χ4n) is 1.70. The molecule has 0 fully saturated rings. The summed E-state index contributed by atoms with van der Waals surface area (Å²) in [5.41, 5.74) is 2.08. The Labute approximate surface area is 98.7 Å². The predicted octanol–water partition coefficient (Wildman–Crippen LogP) is 4.13. The lowest BCUT2D eigenvalue weighted by molar-refractivity contribution is -0.118. The normalized spacial score (nSPS) is 16.4. The third-order valence-electron chi connectivity index (χ3n) is 2.52. The Hall–Kier alpha value is -0.790. The van der Waals surface area contributed by atoms with E-state index in [-0.39, 0.29) is 5.78 Å². The summed E-state index contributed by atoms with van der Waals surface area (Å²) in [7, 11) is 0. The number of carbonyl (C=O) groups excluding carboxylic acids is 1. The van der Waals surface area contributed by atoms with E-state index in [0.717, 1.165) is 17.6 Å². The van der Waals surface area contributed by atoms with E-state index in [1.807, 2.05) is 12.1 Å². The van der Waals surface area contributed by atoms with Crippen LogP contribution in [0, 0.1) is 0 Å². The lowest BCUT2D eigenvalue weighted by Gasteiger charge is -2.13. The van der Waals surface area contributed by atoms with Crippen LogP contribution in [-0.2, 0) is 4.79 Å². The fourth-order valence-corrected chi connectivity index (χ4v) is 2.11. The molecule has 1 aliphatic rings. The lowest BCUT2D eigenvalue weighted by atomic mass is 9.93. The Morgan fingerprint density at radius 2 is 1.93 bits per heavy atom. The van der Waals surface area contributed by atoms with Crippen molar-refractivity contribution in [2.75, 3.05) is 0 Å². The Kier molecular flexibility index (Phi) is 3.13. The molecular formula is C12H10Cl2O. The highest BCUT2D eigenvalue weighted by molar-refractivity contribution is 6.34. The van der Waals surface area contributed by atoms with Crippen LogP contribution in [0.4, 0.5) is 0 Å². The lowest BCUT2D eigenvalue weighted by Crippen LogP contribution is -2.03. The quantitative estimate of drug-likeness (QED) is 0.722. The van der Waals surface area contributed by atoms with Crippen LogP contribution in [-0.4, -0.2) is 5.78 Å². The van der Waals surface area contributed by atoms with Crippen molar-refractivity contribution in [1.29, 1.82) is 0 Å². The summed E-state index contributed by atoms with van der Waals surface area (Å²) in [6, 6.07) is 5.41. The zero-order chi connectivity index (χ0) is 10.8. The van der Waals surface area contributed by atoms with Crippen molar-refractivity contribution in [3.8, 4) is 0 Å². The molecule has 0 heterocycles. The summed E-state index contributed by atoms with van der Waals surface area (Å²) >= 11 is 12.0. The highest BCUT2D eigenvalue weighted by Gasteiger charge is 2.14. The van der Waals surface area contributed by atoms with Crippen LogP contribution in [0.5, 0.6) is 0 Å². The van der Waals surface area contributed by atoms with Crippen LogP contribution in [0.2, 0.25) is 10.0 Å². The molecule has 0 aromatic heterocycles. The van der Waals surface area contributed by atoms with Crippen molar-refractivity contribution < 1.29 is 4.79 Å². The van der Waals surface area contributed by atoms with Gasteiger partial charge in [0.2, 0.25) is 0 Å². The monoisotopic (exact) mass is 240 g/mol. The molecule has 0 radical (unpaired) electrons. The van der Waals surface area contributed by atoms with E-state index >= 15 is 0 Å². The summed E-state index contributed by atoms with van der Waals surface area (Å²) < 4.78 is 0. The van der Waals surface area contributed by atoms with E-state index in [0.29, 0.717) is 22.9 Å². The van der Waals surface area contributed by atoms with Crippen molar-refractivity contribution in [1.82, 2.24) is 0 Å². The minimum absolute atomic E-state index is 0.289. The Balaban J connectivity index is 2.37. The van der Waals surface area contributed by atoms with Gasteiger partial charge in [-0.25, -0.2) is 0 Å². The maximum Gasteiger partial charge on any atom is 0.137 e. The van der Waals surface area contributed by atoms with E-state index in [1.165, 1.54) is 0 Å². The number of ketones is 1. The molecule has 0 spiro atoms. The van der Waals surface area contributed by atoms with Gasteiger partial charge in [-0.3, -0.25) is 4.79 Å². The zero-order valence-corrected chi connectivity index (χ0v) is 9.61. The third kappa shape index (κ3) is 2.42. The van der Waals surface area contributed by atoms with Gasteiger partial charge in [-0.1, -0.05) is 29.3 Å². The topological polar surface area (TPSA) is 17.1 Å². The van der Waals surface area contributed by atoms with E-state index in [1.54, 1.807) is 12.1 Å². The van der Waals surface area contributed by atoms with Gasteiger partial charge in [0.05, 0.1) is 0 Å². The minimum atomic E-state index is 0.289. The number of hydrogen-bond donors (Lipinski definition) is 0. The van der Waals surface area contributed by atoms with Gasteiger partial charge in [-0.2, -0.15) is 0 Å². The smallest absolute Gasteiger partial charge is 0.137 e. The van der Waals surface area contributed by atoms with Crippen LogP contribution in [0.1, 0.15) is 24.8 Å². The molecule has 1 nitrogen and oxygen atoms in total. The predicted molar refractivity (Wildman–Crippen MR) is 63.3 cm³/mol. The first-order chi connectivity index (χ1) is 7.16. The Morgan fingerprint density at radius 3 is 2.60 bits per heavy atom. The number of rotatable bonds is 1. The number of hydrogen-bond acceptors (Lipinski definition) is 1. The van der Waals surface area contributed by atoms with E-state index < -0.39 is 0 Å². The van der Waals surface area contributed by atoms with Gasteiger partial charge in [0, 0.05) is 22.9 Å². The number of allylic oxidation sites excluding steroid dienone is 2. The minimum Gasteiger partial charge on any atom is -0.299 e. The van der Waals surface area contributed by atoms with Crippen molar-refractivity contribution >= 4 is 34.6 Å².